The molecule has 0 bridgehead atoms. The van der Waals surface area contributed by atoms with Crippen molar-refractivity contribution < 1.29 is 14.6 Å². The maximum Gasteiger partial charge on any atom is 0.306 e. The van der Waals surface area contributed by atoms with Gasteiger partial charge in [0.1, 0.15) is 12.7 Å². The van der Waals surface area contributed by atoms with E-state index in [9.17, 15) is 9.90 Å². The third kappa shape index (κ3) is 0.980. The van der Waals surface area contributed by atoms with Crippen molar-refractivity contribution in [2.75, 3.05) is 6.61 Å². The summed E-state index contributed by atoms with van der Waals surface area (Å²) in [6.45, 7) is -0.286. The second-order valence-corrected chi connectivity index (χ2v) is 1.82. The molecule has 1 rings (SSSR count). The topological polar surface area (TPSA) is 46.2 Å². The largest absolute Gasteiger partial charge is 0.460 e. The predicted octanol–water partition coefficient (Wildman–Crippen LogP) is 0.123. The van der Waals surface area contributed by atoms with Gasteiger partial charge in [0, 0.05) is 6.42 Å². The van der Waals surface area contributed by atoms with Crippen LogP contribution in [-0.2, 0) is 14.6 Å². The molecule has 1 radical (unpaired) electrons. The minimum Gasteiger partial charge on any atom is -0.460 e. The van der Waals surface area contributed by atoms with Gasteiger partial charge in [-0.3, -0.25) is 4.79 Å². The van der Waals surface area contributed by atoms with Gasteiger partial charge < -0.3 is 4.74 Å². The lowest BCUT2D eigenvalue weighted by molar-refractivity contribution is -0.143. The Bertz CT molecular complexity index is 99.8. The van der Waals surface area contributed by atoms with Gasteiger partial charge in [-0.15, -0.1) is 0 Å². The first kappa shape index (κ1) is 5.56. The quantitative estimate of drug-likeness (QED) is 0.456. The second-order valence-electron chi connectivity index (χ2n) is 1.82. The van der Waals surface area contributed by atoms with E-state index in [1.807, 2.05) is 0 Å². The molecule has 3 heteroatoms. The van der Waals surface area contributed by atoms with Gasteiger partial charge >= 0.3 is 5.97 Å². The molecule has 3 nitrogen and oxygen atoms in total. The van der Waals surface area contributed by atoms with Crippen LogP contribution in [0.25, 0.3) is 0 Å². The number of carbonyl (C=O) groups excluding carboxylic acids is 1. The summed E-state index contributed by atoms with van der Waals surface area (Å²) in [7, 11) is 0. The van der Waals surface area contributed by atoms with E-state index in [1.54, 1.807) is 0 Å². The van der Waals surface area contributed by atoms with Gasteiger partial charge in [0.15, 0.2) is 0 Å². The van der Waals surface area contributed by atoms with E-state index < -0.39 is 0 Å². The van der Waals surface area contributed by atoms with Gasteiger partial charge in [0.2, 0.25) is 0 Å². The smallest absolute Gasteiger partial charge is 0.306 e. The highest BCUT2D eigenvalue weighted by molar-refractivity contribution is 5.71. The van der Waals surface area contributed by atoms with Crippen LogP contribution >= 0.6 is 0 Å². The molecule has 1 atom stereocenters. The van der Waals surface area contributed by atoms with Crippen molar-refractivity contribution in [1.29, 1.82) is 0 Å². The van der Waals surface area contributed by atoms with Crippen molar-refractivity contribution in [3.63, 3.8) is 0 Å². The van der Waals surface area contributed by atoms with Gasteiger partial charge in [-0.2, -0.15) is 0 Å². The lowest BCUT2D eigenvalue weighted by Gasteiger charge is -1.99. The fraction of sp³-hybridized carbons (Fsp3) is 0.800. The molecule has 0 saturated carbocycles. The Labute approximate surface area is 47.3 Å². The number of hydrogen-bond acceptors (Lipinski definition) is 2. The summed E-state index contributed by atoms with van der Waals surface area (Å²) in [5, 5.41) is 10.0. The third-order valence-electron chi connectivity index (χ3n) is 1.15. The van der Waals surface area contributed by atoms with Gasteiger partial charge in [-0.05, 0) is 6.42 Å². The summed E-state index contributed by atoms with van der Waals surface area (Å²) in [5.74, 6) is -0.231. The number of esters is 1. The van der Waals surface area contributed by atoms with Crippen LogP contribution in [0.2, 0.25) is 0 Å². The summed E-state index contributed by atoms with van der Waals surface area (Å²) in [6, 6.07) is 0. The molecule has 1 saturated heterocycles. The molecule has 1 unspecified atom stereocenters. The fourth-order valence-electron chi connectivity index (χ4n) is 0.700. The van der Waals surface area contributed by atoms with Crippen molar-refractivity contribution in [3.8, 4) is 0 Å². The molecule has 1 fully saturated rings. The second kappa shape index (κ2) is 2.13. The van der Waals surface area contributed by atoms with E-state index in [2.05, 4.69) is 4.74 Å². The number of hydrogen-bond donors (Lipinski definition) is 0. The van der Waals surface area contributed by atoms with Crippen molar-refractivity contribution in [2.24, 2.45) is 0 Å². The highest BCUT2D eigenvalue weighted by Gasteiger charge is 2.22. The zero-order chi connectivity index (χ0) is 5.98. The SMILES string of the molecule is [O]CC1CCC(=O)O1. The zero-order valence-electron chi connectivity index (χ0n) is 4.42. The molecule has 0 spiro atoms. The van der Waals surface area contributed by atoms with E-state index in [0.717, 1.165) is 0 Å². The summed E-state index contributed by atoms with van der Waals surface area (Å²) in [5.41, 5.74) is 0. The van der Waals surface area contributed by atoms with Gasteiger partial charge in [-0.25, -0.2) is 5.11 Å². The van der Waals surface area contributed by atoms with Crippen LogP contribution in [0.15, 0.2) is 0 Å². The Morgan fingerprint density at radius 1 is 1.75 bits per heavy atom. The fourth-order valence-corrected chi connectivity index (χ4v) is 0.700. The average molecular weight is 115 g/mol. The van der Waals surface area contributed by atoms with Crippen molar-refractivity contribution in [2.45, 2.75) is 18.9 Å². The third-order valence-corrected chi connectivity index (χ3v) is 1.15. The van der Waals surface area contributed by atoms with Crippen LogP contribution in [0.3, 0.4) is 0 Å². The number of ether oxygens (including phenoxy) is 1. The molecule has 0 aromatic rings. The summed E-state index contributed by atoms with van der Waals surface area (Å²) >= 11 is 0. The van der Waals surface area contributed by atoms with Crippen LogP contribution in [0.5, 0.6) is 0 Å². The molecule has 1 heterocycles. The molecule has 8 heavy (non-hydrogen) atoms. The Morgan fingerprint density at radius 2 is 2.50 bits per heavy atom. The summed E-state index contributed by atoms with van der Waals surface area (Å²) in [4.78, 5) is 10.3. The number of cyclic esters (lactones) is 1. The van der Waals surface area contributed by atoms with Crippen LogP contribution in [0.4, 0.5) is 0 Å². The van der Waals surface area contributed by atoms with Crippen molar-refractivity contribution in [1.82, 2.24) is 0 Å². The van der Waals surface area contributed by atoms with Gasteiger partial charge in [-0.1, -0.05) is 0 Å². The molecule has 45 valence electrons. The maximum absolute atomic E-state index is 10.3. The lowest BCUT2D eigenvalue weighted by Crippen LogP contribution is -2.09. The predicted molar refractivity (Wildman–Crippen MR) is 24.7 cm³/mol. The molecule has 0 amide bonds. The Balaban J connectivity index is 2.32. The van der Waals surface area contributed by atoms with Crippen LogP contribution in [0, 0.1) is 0 Å². The van der Waals surface area contributed by atoms with Crippen molar-refractivity contribution >= 4 is 5.97 Å². The first-order chi connectivity index (χ1) is 3.83. The molecule has 0 aromatic carbocycles. The Kier molecular flexibility index (Phi) is 1.48. The highest BCUT2D eigenvalue weighted by atomic mass is 16.6. The van der Waals surface area contributed by atoms with Gasteiger partial charge in [0.05, 0.1) is 0 Å². The van der Waals surface area contributed by atoms with Crippen LogP contribution in [0.1, 0.15) is 12.8 Å². The van der Waals surface area contributed by atoms with Crippen LogP contribution < -0.4 is 0 Å². The molecule has 1 aliphatic heterocycles. The van der Waals surface area contributed by atoms with E-state index in [1.165, 1.54) is 0 Å². The average Bonchev–Trinajstić information content (AvgIpc) is 2.14. The molecule has 1 aliphatic rings. The van der Waals surface area contributed by atoms with Crippen LogP contribution in [-0.4, -0.2) is 18.7 Å². The van der Waals surface area contributed by atoms with E-state index in [-0.39, 0.29) is 18.7 Å². The Morgan fingerprint density at radius 3 is 2.75 bits per heavy atom. The van der Waals surface area contributed by atoms with Gasteiger partial charge in [0.25, 0.3) is 0 Å². The summed E-state index contributed by atoms with van der Waals surface area (Å²) in [6.07, 6.45) is 0.706. The molecule has 0 aliphatic carbocycles. The van der Waals surface area contributed by atoms with E-state index in [4.69, 9.17) is 0 Å². The first-order valence-electron chi connectivity index (χ1n) is 2.60. The van der Waals surface area contributed by atoms with Crippen molar-refractivity contribution in [3.05, 3.63) is 0 Å². The normalized spacial score (nSPS) is 28.1. The Hall–Kier alpha value is -0.570. The zero-order valence-corrected chi connectivity index (χ0v) is 4.42. The number of rotatable bonds is 1. The molecule has 0 N–H and O–H groups in total. The van der Waals surface area contributed by atoms with E-state index >= 15 is 0 Å². The minimum atomic E-state index is -0.331. The standard InChI is InChI=1S/C5H7O3/c6-3-4-1-2-5(7)8-4/h4H,1-3H2. The first-order valence-corrected chi connectivity index (χ1v) is 2.60. The lowest BCUT2D eigenvalue weighted by atomic mass is 10.2. The van der Waals surface area contributed by atoms with E-state index in [0.29, 0.717) is 12.8 Å². The summed E-state index contributed by atoms with van der Waals surface area (Å²) < 4.78 is 4.56. The monoisotopic (exact) mass is 115 g/mol. The molecule has 0 aromatic heterocycles. The minimum absolute atomic E-state index is 0.231. The highest BCUT2D eigenvalue weighted by Crippen LogP contribution is 2.11. The maximum atomic E-state index is 10.3. The molecular formula is C5H7O3. The molecular weight excluding hydrogens is 108 g/mol. The number of carbonyl (C=O) groups is 1.